The Balaban J connectivity index is 2.74. The fourth-order valence-corrected chi connectivity index (χ4v) is 1.71. The second-order valence-electron chi connectivity index (χ2n) is 3.83. The Bertz CT molecular complexity index is 373. The lowest BCUT2D eigenvalue weighted by molar-refractivity contribution is -0.119. The molecule has 1 aromatic carbocycles. The van der Waals surface area contributed by atoms with Crippen LogP contribution in [0.15, 0.2) is 24.3 Å². The maximum atomic E-state index is 11.4. The molecule has 0 saturated carbocycles. The molecule has 0 aromatic heterocycles. The molecule has 17 heavy (non-hydrogen) atoms. The minimum Gasteiger partial charge on any atom is -0.497 e. The largest absolute Gasteiger partial charge is 0.497 e. The third kappa shape index (κ3) is 3.90. The highest BCUT2D eigenvalue weighted by Crippen LogP contribution is 2.23. The summed E-state index contributed by atoms with van der Waals surface area (Å²) in [7, 11) is 1.59. The molecule has 1 rings (SSSR count). The van der Waals surface area contributed by atoms with E-state index in [2.05, 4.69) is 0 Å². The standard InChI is InChI=1S/C13H17NO3/c1-17-11-7-5-10(6-8-11)12(13(14)16)4-2-3-9-15/h5-9,12H,2-4H2,1H3,(H2,14,16). The molecule has 92 valence electrons. The van der Waals surface area contributed by atoms with E-state index >= 15 is 0 Å². The average molecular weight is 235 g/mol. The second kappa shape index (κ2) is 6.68. The molecule has 1 aromatic rings. The van der Waals surface area contributed by atoms with Gasteiger partial charge in [-0.2, -0.15) is 0 Å². The van der Waals surface area contributed by atoms with Crippen LogP contribution in [-0.4, -0.2) is 19.3 Å². The number of ether oxygens (including phenoxy) is 1. The number of carbonyl (C=O) groups is 2. The lowest BCUT2D eigenvalue weighted by atomic mass is 9.93. The van der Waals surface area contributed by atoms with Crippen molar-refractivity contribution in [2.45, 2.75) is 25.2 Å². The molecule has 4 nitrogen and oxygen atoms in total. The van der Waals surface area contributed by atoms with Gasteiger partial charge in [0.05, 0.1) is 13.0 Å². The molecule has 4 heteroatoms. The summed E-state index contributed by atoms with van der Waals surface area (Å²) in [6.07, 6.45) is 2.58. The minimum absolute atomic E-state index is 0.333. The SMILES string of the molecule is COc1ccc(C(CCCC=O)C(N)=O)cc1. The molecule has 1 amide bonds. The first-order chi connectivity index (χ1) is 8.19. The van der Waals surface area contributed by atoms with Crippen LogP contribution in [0.1, 0.15) is 30.7 Å². The Morgan fingerprint density at radius 1 is 1.41 bits per heavy atom. The van der Waals surface area contributed by atoms with Gasteiger partial charge in [0.1, 0.15) is 12.0 Å². The number of hydrogen-bond donors (Lipinski definition) is 1. The normalized spacial score (nSPS) is 11.8. The van der Waals surface area contributed by atoms with Gasteiger partial charge < -0.3 is 15.3 Å². The molecule has 0 fully saturated rings. The number of aldehydes is 1. The topological polar surface area (TPSA) is 69.4 Å². The molecular formula is C13H17NO3. The molecule has 2 N–H and O–H groups in total. The highest BCUT2D eigenvalue weighted by molar-refractivity contribution is 5.81. The molecule has 0 aliphatic rings. The second-order valence-corrected chi connectivity index (χ2v) is 3.83. The number of hydrogen-bond acceptors (Lipinski definition) is 3. The van der Waals surface area contributed by atoms with Crippen LogP contribution in [0.3, 0.4) is 0 Å². The Hall–Kier alpha value is -1.84. The number of amides is 1. The van der Waals surface area contributed by atoms with E-state index in [1.165, 1.54) is 0 Å². The summed E-state index contributed by atoms with van der Waals surface area (Å²) in [6.45, 7) is 0. The van der Waals surface area contributed by atoms with Crippen LogP contribution in [0.5, 0.6) is 5.75 Å². The van der Waals surface area contributed by atoms with Crippen LogP contribution in [0.4, 0.5) is 0 Å². The molecule has 1 atom stereocenters. The fourth-order valence-electron chi connectivity index (χ4n) is 1.71. The van der Waals surface area contributed by atoms with E-state index in [0.717, 1.165) is 17.6 Å². The van der Waals surface area contributed by atoms with Gasteiger partial charge in [0, 0.05) is 6.42 Å². The average Bonchev–Trinajstić information content (AvgIpc) is 2.34. The molecule has 1 unspecified atom stereocenters. The van der Waals surface area contributed by atoms with E-state index in [0.29, 0.717) is 19.3 Å². The summed E-state index contributed by atoms with van der Waals surface area (Å²) in [5.41, 5.74) is 6.23. The molecule has 0 spiro atoms. The van der Waals surface area contributed by atoms with Crippen LogP contribution < -0.4 is 10.5 Å². The zero-order valence-corrected chi connectivity index (χ0v) is 9.89. The summed E-state index contributed by atoms with van der Waals surface area (Å²) >= 11 is 0. The Morgan fingerprint density at radius 2 is 2.06 bits per heavy atom. The molecule has 0 bridgehead atoms. The first-order valence-electron chi connectivity index (χ1n) is 5.56. The number of methoxy groups -OCH3 is 1. The van der Waals surface area contributed by atoms with Crippen molar-refractivity contribution < 1.29 is 14.3 Å². The predicted molar refractivity (Wildman–Crippen MR) is 64.8 cm³/mol. The van der Waals surface area contributed by atoms with Gasteiger partial charge in [0.15, 0.2) is 0 Å². The summed E-state index contributed by atoms with van der Waals surface area (Å²) in [5.74, 6) is 0.0479. The highest BCUT2D eigenvalue weighted by Gasteiger charge is 2.17. The Labute approximate surface area is 101 Å². The van der Waals surface area contributed by atoms with Crippen LogP contribution in [-0.2, 0) is 9.59 Å². The van der Waals surface area contributed by atoms with Gasteiger partial charge >= 0.3 is 0 Å². The molecular weight excluding hydrogens is 218 g/mol. The van der Waals surface area contributed by atoms with E-state index in [4.69, 9.17) is 10.5 Å². The van der Waals surface area contributed by atoms with Crippen molar-refractivity contribution in [2.24, 2.45) is 5.73 Å². The van der Waals surface area contributed by atoms with Gasteiger partial charge in [-0.15, -0.1) is 0 Å². The zero-order valence-electron chi connectivity index (χ0n) is 9.89. The van der Waals surface area contributed by atoms with Gasteiger partial charge in [-0.05, 0) is 30.5 Å². The summed E-state index contributed by atoms with van der Waals surface area (Å²) in [6, 6.07) is 7.25. The number of unbranched alkanes of at least 4 members (excludes halogenated alkanes) is 1. The van der Waals surface area contributed by atoms with Crippen LogP contribution in [0.25, 0.3) is 0 Å². The molecule has 0 heterocycles. The van der Waals surface area contributed by atoms with Crippen LogP contribution >= 0.6 is 0 Å². The number of carbonyl (C=O) groups excluding carboxylic acids is 2. The summed E-state index contributed by atoms with van der Waals surface area (Å²) in [4.78, 5) is 21.6. The van der Waals surface area contributed by atoms with Crippen molar-refractivity contribution in [3.63, 3.8) is 0 Å². The van der Waals surface area contributed by atoms with Crippen molar-refractivity contribution in [3.05, 3.63) is 29.8 Å². The fraction of sp³-hybridized carbons (Fsp3) is 0.385. The zero-order chi connectivity index (χ0) is 12.7. The van der Waals surface area contributed by atoms with Crippen molar-refractivity contribution in [1.82, 2.24) is 0 Å². The van der Waals surface area contributed by atoms with E-state index in [1.807, 2.05) is 12.1 Å². The number of primary amides is 1. The lowest BCUT2D eigenvalue weighted by Crippen LogP contribution is -2.21. The van der Waals surface area contributed by atoms with Crippen LogP contribution in [0.2, 0.25) is 0 Å². The smallest absolute Gasteiger partial charge is 0.224 e. The van der Waals surface area contributed by atoms with E-state index < -0.39 is 0 Å². The monoisotopic (exact) mass is 235 g/mol. The Kier molecular flexibility index (Phi) is 5.20. The minimum atomic E-state index is -0.360. The van der Waals surface area contributed by atoms with Crippen molar-refractivity contribution in [3.8, 4) is 5.75 Å². The first kappa shape index (κ1) is 13.2. The summed E-state index contributed by atoms with van der Waals surface area (Å²) < 4.78 is 5.05. The molecule has 0 aliphatic heterocycles. The molecule has 0 saturated heterocycles. The number of nitrogens with two attached hydrogens (primary N) is 1. The van der Waals surface area contributed by atoms with Gasteiger partial charge in [-0.1, -0.05) is 12.1 Å². The summed E-state index contributed by atoms with van der Waals surface area (Å²) in [5, 5.41) is 0. The van der Waals surface area contributed by atoms with E-state index in [-0.39, 0.29) is 11.8 Å². The lowest BCUT2D eigenvalue weighted by Gasteiger charge is -2.13. The molecule has 0 aliphatic carbocycles. The van der Waals surface area contributed by atoms with Gasteiger partial charge in [0.25, 0.3) is 0 Å². The van der Waals surface area contributed by atoms with Gasteiger partial charge in [-0.25, -0.2) is 0 Å². The van der Waals surface area contributed by atoms with E-state index in [1.54, 1.807) is 19.2 Å². The van der Waals surface area contributed by atoms with Crippen molar-refractivity contribution in [2.75, 3.05) is 7.11 Å². The molecule has 0 radical (unpaired) electrons. The Morgan fingerprint density at radius 3 is 2.53 bits per heavy atom. The van der Waals surface area contributed by atoms with Crippen molar-refractivity contribution >= 4 is 12.2 Å². The quantitative estimate of drug-likeness (QED) is 0.577. The van der Waals surface area contributed by atoms with Gasteiger partial charge in [0.2, 0.25) is 5.91 Å². The maximum Gasteiger partial charge on any atom is 0.224 e. The van der Waals surface area contributed by atoms with Crippen LogP contribution in [0, 0.1) is 0 Å². The number of rotatable bonds is 7. The van der Waals surface area contributed by atoms with Crippen molar-refractivity contribution in [1.29, 1.82) is 0 Å². The maximum absolute atomic E-state index is 11.4. The first-order valence-corrected chi connectivity index (χ1v) is 5.56. The third-order valence-corrected chi connectivity index (χ3v) is 2.68. The highest BCUT2D eigenvalue weighted by atomic mass is 16.5. The predicted octanol–water partition coefficient (Wildman–Crippen LogP) is 1.63. The third-order valence-electron chi connectivity index (χ3n) is 2.68. The van der Waals surface area contributed by atoms with Gasteiger partial charge in [-0.3, -0.25) is 4.79 Å². The number of benzene rings is 1. The van der Waals surface area contributed by atoms with E-state index in [9.17, 15) is 9.59 Å².